The van der Waals surface area contributed by atoms with Gasteiger partial charge in [-0.2, -0.15) is 13.2 Å². The molecule has 3 heterocycles. The largest absolute Gasteiger partial charge is 0.416 e. The minimum Gasteiger partial charge on any atom is -0.324 e. The van der Waals surface area contributed by atoms with Crippen molar-refractivity contribution in [3.8, 4) is 11.1 Å². The van der Waals surface area contributed by atoms with Gasteiger partial charge in [-0.05, 0) is 53.1 Å². The Morgan fingerprint density at radius 3 is 2.50 bits per heavy atom. The van der Waals surface area contributed by atoms with Gasteiger partial charge in [-0.1, -0.05) is 18.2 Å². The van der Waals surface area contributed by atoms with Crippen LogP contribution in [0.5, 0.6) is 0 Å². The zero-order valence-electron chi connectivity index (χ0n) is 18.0. The fourth-order valence-corrected chi connectivity index (χ4v) is 4.45. The van der Waals surface area contributed by atoms with E-state index in [9.17, 15) is 22.8 Å². The number of nitrogens with zero attached hydrogens (tertiary/aromatic N) is 3. The summed E-state index contributed by atoms with van der Waals surface area (Å²) < 4.78 is 39.5. The quantitative estimate of drug-likeness (QED) is 0.633. The third-order valence-corrected chi connectivity index (χ3v) is 6.21. The van der Waals surface area contributed by atoms with E-state index in [1.54, 1.807) is 41.6 Å². The lowest BCUT2D eigenvalue weighted by atomic mass is 9.99. The number of halogens is 3. The van der Waals surface area contributed by atoms with Crippen LogP contribution >= 0.6 is 0 Å². The molecule has 34 heavy (non-hydrogen) atoms. The Morgan fingerprint density at radius 1 is 0.971 bits per heavy atom. The predicted octanol–water partition coefficient (Wildman–Crippen LogP) is 4.05. The van der Waals surface area contributed by atoms with E-state index in [-0.39, 0.29) is 17.4 Å². The van der Waals surface area contributed by atoms with E-state index < -0.39 is 17.8 Å². The topological polar surface area (TPSA) is 65.5 Å². The van der Waals surface area contributed by atoms with Crippen molar-refractivity contribution in [1.29, 1.82) is 0 Å². The highest BCUT2D eigenvalue weighted by Gasteiger charge is 2.39. The summed E-state index contributed by atoms with van der Waals surface area (Å²) in [6.45, 7) is 1.99. The lowest BCUT2D eigenvalue weighted by Gasteiger charge is -2.39. The number of rotatable bonds is 3. The van der Waals surface area contributed by atoms with E-state index in [0.717, 1.165) is 17.7 Å². The first-order valence-corrected chi connectivity index (χ1v) is 10.8. The van der Waals surface area contributed by atoms with Crippen molar-refractivity contribution in [3.63, 3.8) is 0 Å². The summed E-state index contributed by atoms with van der Waals surface area (Å²) in [7, 11) is 0. The number of carbonyl (C=O) groups excluding carboxylic acids is 2. The van der Waals surface area contributed by atoms with Gasteiger partial charge in [-0.25, -0.2) is 0 Å². The Labute approximate surface area is 194 Å². The van der Waals surface area contributed by atoms with E-state index in [0.29, 0.717) is 43.0 Å². The van der Waals surface area contributed by atoms with E-state index >= 15 is 0 Å². The van der Waals surface area contributed by atoms with Crippen LogP contribution in [0.25, 0.3) is 11.1 Å². The maximum Gasteiger partial charge on any atom is 0.416 e. The number of fused-ring (bicyclic) bond motifs is 2. The van der Waals surface area contributed by atoms with Gasteiger partial charge in [0.1, 0.15) is 6.04 Å². The van der Waals surface area contributed by atoms with Crippen LogP contribution < -0.4 is 5.32 Å². The summed E-state index contributed by atoms with van der Waals surface area (Å²) in [5.41, 5.74) is 1.76. The molecule has 1 fully saturated rings. The van der Waals surface area contributed by atoms with E-state index in [4.69, 9.17) is 0 Å². The van der Waals surface area contributed by atoms with Crippen LogP contribution in [0, 0.1) is 0 Å². The second kappa shape index (κ2) is 8.57. The van der Waals surface area contributed by atoms with Crippen molar-refractivity contribution in [2.24, 2.45) is 0 Å². The molecule has 1 N–H and O–H groups in total. The maximum atomic E-state index is 13.4. The van der Waals surface area contributed by atoms with Crippen molar-refractivity contribution in [2.75, 3.05) is 25.0 Å². The highest BCUT2D eigenvalue weighted by molar-refractivity contribution is 6.10. The molecular formula is C25H21F3N4O2. The number of pyridine rings is 1. The van der Waals surface area contributed by atoms with Gasteiger partial charge in [-0.3, -0.25) is 19.5 Å². The standard InChI is InChI=1S/C25H21F3N4O2/c26-25(27,28)19-3-1-2-17(12-19)18-4-5-21-20(13-18)24(34)32-11-10-31(15-22(32)23(33)30-21)14-16-6-8-29-9-7-16/h1-9,12-13,22H,10-11,14-15H2,(H,30,33). The van der Waals surface area contributed by atoms with Gasteiger partial charge in [0.25, 0.3) is 5.91 Å². The summed E-state index contributed by atoms with van der Waals surface area (Å²) in [6.07, 6.45) is -1.03. The third-order valence-electron chi connectivity index (χ3n) is 6.21. The molecule has 174 valence electrons. The Morgan fingerprint density at radius 2 is 1.74 bits per heavy atom. The van der Waals surface area contributed by atoms with Crippen LogP contribution in [0.1, 0.15) is 21.5 Å². The molecule has 0 bridgehead atoms. The molecule has 2 aliphatic rings. The first-order chi connectivity index (χ1) is 16.3. The Kier molecular flexibility index (Phi) is 5.57. The molecule has 0 spiro atoms. The number of benzene rings is 2. The fraction of sp³-hybridized carbons (Fsp3) is 0.240. The number of alkyl halides is 3. The molecular weight excluding hydrogens is 445 g/mol. The van der Waals surface area contributed by atoms with Crippen LogP contribution in [0.3, 0.4) is 0 Å². The monoisotopic (exact) mass is 466 g/mol. The first-order valence-electron chi connectivity index (χ1n) is 10.8. The number of amides is 2. The Bertz CT molecular complexity index is 1250. The number of carbonyl (C=O) groups is 2. The van der Waals surface area contributed by atoms with Gasteiger partial charge >= 0.3 is 6.18 Å². The van der Waals surface area contributed by atoms with E-state index in [2.05, 4.69) is 15.2 Å². The normalized spacial score (nSPS) is 18.7. The van der Waals surface area contributed by atoms with Crippen molar-refractivity contribution >= 4 is 17.5 Å². The molecule has 0 radical (unpaired) electrons. The predicted molar refractivity (Wildman–Crippen MR) is 120 cm³/mol. The highest BCUT2D eigenvalue weighted by atomic mass is 19.4. The minimum atomic E-state index is -4.46. The van der Waals surface area contributed by atoms with Gasteiger partial charge in [0.2, 0.25) is 5.91 Å². The fourth-order valence-electron chi connectivity index (χ4n) is 4.45. The van der Waals surface area contributed by atoms with Crippen LogP contribution in [0.2, 0.25) is 0 Å². The maximum absolute atomic E-state index is 13.4. The third kappa shape index (κ3) is 4.26. The number of piperazine rings is 1. The zero-order valence-corrected chi connectivity index (χ0v) is 18.0. The molecule has 3 aromatic rings. The average molecular weight is 466 g/mol. The number of anilines is 1. The Balaban J connectivity index is 1.42. The molecule has 5 rings (SSSR count). The van der Waals surface area contributed by atoms with Crippen LogP contribution in [0.4, 0.5) is 18.9 Å². The SMILES string of the molecule is O=C1Nc2ccc(-c3cccc(C(F)(F)F)c3)cc2C(=O)N2CCN(Cc3ccncc3)CC12. The van der Waals surface area contributed by atoms with Crippen molar-refractivity contribution < 1.29 is 22.8 Å². The molecule has 1 atom stereocenters. The molecule has 1 saturated heterocycles. The molecule has 9 heteroatoms. The summed E-state index contributed by atoms with van der Waals surface area (Å²) in [5.74, 6) is -0.589. The molecule has 1 unspecified atom stereocenters. The molecule has 0 aliphatic carbocycles. The lowest BCUT2D eigenvalue weighted by Crippen LogP contribution is -2.58. The van der Waals surface area contributed by atoms with E-state index in [1.807, 2.05) is 12.1 Å². The lowest BCUT2D eigenvalue weighted by molar-refractivity contribution is -0.137. The summed E-state index contributed by atoms with van der Waals surface area (Å²) >= 11 is 0. The second-order valence-electron chi connectivity index (χ2n) is 8.43. The second-order valence-corrected chi connectivity index (χ2v) is 8.43. The molecule has 2 amide bonds. The summed E-state index contributed by atoms with van der Waals surface area (Å²) in [4.78, 5) is 34.1. The smallest absolute Gasteiger partial charge is 0.324 e. The van der Waals surface area contributed by atoms with Gasteiger partial charge in [0, 0.05) is 38.6 Å². The molecule has 0 saturated carbocycles. The van der Waals surface area contributed by atoms with Crippen LogP contribution in [-0.4, -0.2) is 52.3 Å². The number of nitrogens with one attached hydrogen (secondary N) is 1. The van der Waals surface area contributed by atoms with Crippen molar-refractivity contribution in [1.82, 2.24) is 14.8 Å². The van der Waals surface area contributed by atoms with Gasteiger partial charge in [0.05, 0.1) is 16.8 Å². The molecule has 6 nitrogen and oxygen atoms in total. The number of aromatic nitrogens is 1. The first kappa shape index (κ1) is 22.1. The average Bonchev–Trinajstić information content (AvgIpc) is 2.93. The zero-order chi connectivity index (χ0) is 23.9. The van der Waals surface area contributed by atoms with Crippen molar-refractivity contribution in [3.05, 3.63) is 83.7 Å². The van der Waals surface area contributed by atoms with Gasteiger partial charge in [-0.15, -0.1) is 0 Å². The van der Waals surface area contributed by atoms with Gasteiger partial charge < -0.3 is 10.2 Å². The van der Waals surface area contributed by atoms with Crippen molar-refractivity contribution in [2.45, 2.75) is 18.8 Å². The molecule has 2 aliphatic heterocycles. The molecule has 2 aromatic carbocycles. The molecule has 1 aromatic heterocycles. The van der Waals surface area contributed by atoms with Crippen LogP contribution in [0.15, 0.2) is 67.0 Å². The summed E-state index contributed by atoms with van der Waals surface area (Å²) in [5, 5.41) is 2.83. The number of hydrogen-bond acceptors (Lipinski definition) is 4. The minimum absolute atomic E-state index is 0.272. The summed E-state index contributed by atoms with van der Waals surface area (Å²) in [6, 6.07) is 12.9. The Hall–Kier alpha value is -3.72. The van der Waals surface area contributed by atoms with Crippen LogP contribution in [-0.2, 0) is 17.5 Å². The highest BCUT2D eigenvalue weighted by Crippen LogP contribution is 2.34. The van der Waals surface area contributed by atoms with Gasteiger partial charge in [0.15, 0.2) is 0 Å². The van der Waals surface area contributed by atoms with E-state index in [1.165, 1.54) is 6.07 Å². The number of hydrogen-bond donors (Lipinski definition) is 1.